The highest BCUT2D eigenvalue weighted by Gasteiger charge is 2.58. The van der Waals surface area contributed by atoms with Gasteiger partial charge in [0.1, 0.15) is 73.2 Å². The fraction of sp³-hybridized carbons (Fsp3) is 0.382. The summed E-state index contributed by atoms with van der Waals surface area (Å²) in [5.74, 6) is 0. The largest absolute Gasteiger partial charge is 0.394 e. The van der Waals surface area contributed by atoms with E-state index in [-0.39, 0.29) is 52.9 Å². The van der Waals surface area contributed by atoms with Crippen molar-refractivity contribution in [2.24, 2.45) is 0 Å². The van der Waals surface area contributed by atoms with Crippen molar-refractivity contribution in [2.75, 3.05) is 26.9 Å². The molecule has 0 aromatic heterocycles. The summed E-state index contributed by atoms with van der Waals surface area (Å²) in [5, 5.41) is 23.1. The Kier molecular flexibility index (Phi) is 21.5. The quantitative estimate of drug-likeness (QED) is 0.0526. The Bertz CT molecular complexity index is 2960. The van der Waals surface area contributed by atoms with E-state index in [1.54, 1.807) is 7.11 Å². The van der Waals surface area contributed by atoms with Crippen LogP contribution in [0.5, 0.6) is 0 Å². The van der Waals surface area contributed by atoms with Crippen LogP contribution in [0.3, 0.4) is 0 Å². The van der Waals surface area contributed by atoms with Crippen LogP contribution in [0.25, 0.3) is 0 Å². The van der Waals surface area contributed by atoms with E-state index in [1.807, 2.05) is 212 Å². The van der Waals surface area contributed by atoms with E-state index < -0.39 is 105 Å². The molecule has 16 atom stereocenters. The Hall–Kier alpha value is -6.10. The van der Waals surface area contributed by atoms with Crippen LogP contribution in [0.1, 0.15) is 45.2 Å². The number of aliphatic hydroxyl groups excluding tert-OH is 2. The first-order chi connectivity index (χ1) is 41.5. The number of rotatable bonds is 26. The Morgan fingerprint density at radius 1 is 0.393 bits per heavy atom. The highest BCUT2D eigenvalue weighted by Crippen LogP contribution is 2.42. The van der Waals surface area contributed by atoms with Crippen molar-refractivity contribution in [1.29, 1.82) is 0 Å². The van der Waals surface area contributed by atoms with Gasteiger partial charge >= 0.3 is 0 Å². The number of fused-ring (bicyclic) bond motifs is 1. The molecule has 7 aromatic carbocycles. The molecule has 442 valence electrons. The first kappa shape index (κ1) is 59.6. The molecule has 4 aliphatic rings. The summed E-state index contributed by atoms with van der Waals surface area (Å²) in [4.78, 5) is 0. The highest BCUT2D eigenvalue weighted by atomic mass is 16.8. The molecule has 4 heterocycles. The minimum atomic E-state index is -1.34. The number of methoxy groups -OCH3 is 1. The van der Waals surface area contributed by atoms with Crippen LogP contribution >= 0.6 is 0 Å². The average molecular weight is 1150 g/mol. The van der Waals surface area contributed by atoms with Gasteiger partial charge in [0, 0.05) is 12.7 Å². The molecule has 16 nitrogen and oxygen atoms in total. The van der Waals surface area contributed by atoms with Crippen LogP contribution in [-0.2, 0) is 106 Å². The van der Waals surface area contributed by atoms with Crippen LogP contribution in [0.15, 0.2) is 212 Å². The lowest BCUT2D eigenvalue weighted by atomic mass is 9.94. The molecule has 0 amide bonds. The van der Waals surface area contributed by atoms with Gasteiger partial charge in [0.05, 0.1) is 59.5 Å². The van der Waals surface area contributed by atoms with E-state index in [0.29, 0.717) is 0 Å². The van der Waals surface area contributed by atoms with E-state index >= 15 is 0 Å². The molecule has 84 heavy (non-hydrogen) atoms. The summed E-state index contributed by atoms with van der Waals surface area (Å²) in [6.07, 6.45) is -16.6. The van der Waals surface area contributed by atoms with Gasteiger partial charge < -0.3 is 76.5 Å². The Morgan fingerprint density at radius 3 is 1.24 bits per heavy atom. The van der Waals surface area contributed by atoms with Crippen molar-refractivity contribution in [1.82, 2.24) is 0 Å². The monoisotopic (exact) mass is 1150 g/mol. The van der Waals surface area contributed by atoms with Crippen LogP contribution in [0.2, 0.25) is 0 Å². The average Bonchev–Trinajstić information content (AvgIpc) is 3.50. The standard InChI is InChI=1S/C68H74O16/c1-71-66-63(76-42-50-31-17-6-18-32-50)60(74-40-48-27-13-4-14-28-48)57(54(80-66)44-72-38-46-23-9-2-10-24-46)83-68-64(77-43-51-33-19-7-20-34-51)61(58-55(81-68)45-78-65(82-58)52-35-21-8-22-36-52)84-67-62(75-41-49-29-15-5-16-30-49)59(56(70)53(37-69)79-67)73-39-47-25-11-3-12-26-47/h2-36,53-70H,37-45H2,1H3/t53-,54-,55-,56-,57-,58-,59+,60+,61+,62+,63+,64+,65?,66-,67+,68+/m1/s1. The van der Waals surface area contributed by atoms with Gasteiger partial charge in [-0.1, -0.05) is 212 Å². The van der Waals surface area contributed by atoms with E-state index in [2.05, 4.69) is 0 Å². The zero-order valence-corrected chi connectivity index (χ0v) is 46.9. The fourth-order valence-corrected chi connectivity index (χ4v) is 11.0. The molecule has 16 heteroatoms. The summed E-state index contributed by atoms with van der Waals surface area (Å²) >= 11 is 0. The van der Waals surface area contributed by atoms with Crippen molar-refractivity contribution in [3.8, 4) is 0 Å². The lowest BCUT2D eigenvalue weighted by Gasteiger charge is -2.53. The van der Waals surface area contributed by atoms with E-state index in [9.17, 15) is 10.2 Å². The molecule has 0 saturated carbocycles. The molecule has 0 spiro atoms. The molecule has 11 rings (SSSR count). The van der Waals surface area contributed by atoms with E-state index in [1.165, 1.54) is 0 Å². The normalized spacial score (nSPS) is 29.7. The van der Waals surface area contributed by atoms with Crippen molar-refractivity contribution >= 4 is 0 Å². The minimum Gasteiger partial charge on any atom is -0.394 e. The van der Waals surface area contributed by atoms with Crippen molar-refractivity contribution in [2.45, 2.75) is 138 Å². The Labute approximate surface area is 490 Å². The third kappa shape index (κ3) is 15.5. The smallest absolute Gasteiger partial charge is 0.187 e. The van der Waals surface area contributed by atoms with Gasteiger partial charge in [0.15, 0.2) is 25.2 Å². The molecule has 2 N–H and O–H groups in total. The molecule has 7 aromatic rings. The summed E-state index contributed by atoms with van der Waals surface area (Å²) in [6.45, 7) is 0.490. The molecule has 4 fully saturated rings. The second kappa shape index (κ2) is 30.3. The van der Waals surface area contributed by atoms with Gasteiger partial charge in [-0.25, -0.2) is 0 Å². The molecule has 0 aliphatic carbocycles. The highest BCUT2D eigenvalue weighted by molar-refractivity contribution is 5.20. The molecule has 0 radical (unpaired) electrons. The Balaban J connectivity index is 0.994. The minimum absolute atomic E-state index is 0.0425. The predicted octanol–water partition coefficient (Wildman–Crippen LogP) is 9.19. The zero-order valence-electron chi connectivity index (χ0n) is 46.9. The van der Waals surface area contributed by atoms with Gasteiger partial charge in [0.25, 0.3) is 0 Å². The second-order valence-electron chi connectivity index (χ2n) is 21.2. The van der Waals surface area contributed by atoms with Gasteiger partial charge in [0.2, 0.25) is 0 Å². The summed E-state index contributed by atoms with van der Waals surface area (Å²) in [7, 11) is 1.58. The first-order valence-electron chi connectivity index (χ1n) is 28.8. The Morgan fingerprint density at radius 2 is 0.774 bits per heavy atom. The maximum atomic E-state index is 12.1. The van der Waals surface area contributed by atoms with Crippen molar-refractivity contribution in [3.05, 3.63) is 251 Å². The number of hydrogen-bond acceptors (Lipinski definition) is 16. The van der Waals surface area contributed by atoms with E-state index in [4.69, 9.17) is 66.3 Å². The van der Waals surface area contributed by atoms with Gasteiger partial charge in [-0.3, -0.25) is 0 Å². The van der Waals surface area contributed by atoms with Gasteiger partial charge in [-0.15, -0.1) is 0 Å². The molecule has 4 aliphatic heterocycles. The van der Waals surface area contributed by atoms with Crippen LogP contribution in [-0.4, -0.2) is 129 Å². The van der Waals surface area contributed by atoms with Crippen LogP contribution < -0.4 is 0 Å². The van der Waals surface area contributed by atoms with Gasteiger partial charge in [-0.2, -0.15) is 0 Å². The van der Waals surface area contributed by atoms with Crippen molar-refractivity contribution in [3.63, 3.8) is 0 Å². The number of hydrogen-bond donors (Lipinski definition) is 2. The number of aliphatic hydroxyl groups is 2. The molecule has 4 saturated heterocycles. The maximum Gasteiger partial charge on any atom is 0.187 e. The maximum absolute atomic E-state index is 12.1. The molecular formula is C68H74O16. The van der Waals surface area contributed by atoms with Crippen molar-refractivity contribution < 1.29 is 76.5 Å². The molecule has 1 unspecified atom stereocenters. The topological polar surface area (TPSA) is 170 Å². The first-order valence-corrected chi connectivity index (χ1v) is 28.8. The lowest BCUT2D eigenvalue weighted by molar-refractivity contribution is -0.414. The lowest BCUT2D eigenvalue weighted by Crippen LogP contribution is -2.69. The number of benzene rings is 7. The fourth-order valence-electron chi connectivity index (χ4n) is 11.0. The summed E-state index contributed by atoms with van der Waals surface area (Å²) in [6, 6.07) is 68.3. The molecule has 0 bridgehead atoms. The molecular weight excluding hydrogens is 1070 g/mol. The summed E-state index contributed by atoms with van der Waals surface area (Å²) in [5.41, 5.74) is 6.18. The summed E-state index contributed by atoms with van der Waals surface area (Å²) < 4.78 is 96.5. The van der Waals surface area contributed by atoms with E-state index in [0.717, 1.165) is 38.9 Å². The third-order valence-corrected chi connectivity index (χ3v) is 15.4. The second-order valence-corrected chi connectivity index (χ2v) is 21.2. The third-order valence-electron chi connectivity index (χ3n) is 15.4. The number of ether oxygens (including phenoxy) is 14. The van der Waals surface area contributed by atoms with Gasteiger partial charge in [-0.05, 0) is 33.4 Å². The predicted molar refractivity (Wildman–Crippen MR) is 307 cm³/mol. The zero-order chi connectivity index (χ0) is 57.3. The SMILES string of the molecule is CO[C@@H]1O[C@H](COCc2ccccc2)[C@@H](O[C@@H]2O[C@@H]3COC(c4ccccc4)O[C@H]3[C@H](O[C@@H]3O[C@H](CO)[C@@H](O)[C@H](OCc4ccccc4)[C@@H]3OCc3ccccc3)[C@@H]2OCc2ccccc2)[C@H](OCc2ccccc2)[C@@H]1OCc1ccccc1. The van der Waals surface area contributed by atoms with Crippen LogP contribution in [0, 0.1) is 0 Å². The van der Waals surface area contributed by atoms with Crippen LogP contribution in [0.4, 0.5) is 0 Å².